The van der Waals surface area contributed by atoms with E-state index in [-0.39, 0.29) is 18.6 Å². The van der Waals surface area contributed by atoms with Crippen LogP contribution < -0.4 is 0 Å². The zero-order valence-electron chi connectivity index (χ0n) is 14.5. The summed E-state index contributed by atoms with van der Waals surface area (Å²) in [5.41, 5.74) is 5.11. The smallest absolute Gasteiger partial charge is 0.143 e. The number of pyridine rings is 2. The Bertz CT molecular complexity index is 1140. The van der Waals surface area contributed by atoms with E-state index in [9.17, 15) is 4.79 Å². The first-order chi connectivity index (χ1) is 13.2. The Hall–Kier alpha value is -3.78. The molecule has 4 aromatic rings. The van der Waals surface area contributed by atoms with E-state index in [0.717, 1.165) is 27.9 Å². The van der Waals surface area contributed by atoms with Crippen molar-refractivity contribution in [2.45, 2.75) is 12.8 Å². The number of carbonyl (C=O) groups is 1. The van der Waals surface area contributed by atoms with E-state index >= 15 is 0 Å². The van der Waals surface area contributed by atoms with E-state index in [4.69, 9.17) is 5.26 Å². The highest BCUT2D eigenvalue weighted by atomic mass is 16.1. The molecule has 0 aliphatic rings. The van der Waals surface area contributed by atoms with Gasteiger partial charge in [0.25, 0.3) is 0 Å². The maximum atomic E-state index is 12.8. The Labute approximate surface area is 156 Å². The Kier molecular flexibility index (Phi) is 4.46. The van der Waals surface area contributed by atoms with E-state index in [1.54, 1.807) is 30.9 Å². The van der Waals surface area contributed by atoms with Crippen LogP contribution in [0.15, 0.2) is 73.3 Å². The quantitative estimate of drug-likeness (QED) is 0.550. The monoisotopic (exact) mass is 352 g/mol. The van der Waals surface area contributed by atoms with Crippen molar-refractivity contribution >= 4 is 11.3 Å². The second kappa shape index (κ2) is 7.22. The van der Waals surface area contributed by atoms with Crippen LogP contribution in [0, 0.1) is 11.3 Å². The van der Waals surface area contributed by atoms with Gasteiger partial charge in [-0.1, -0.05) is 42.5 Å². The van der Waals surface area contributed by atoms with E-state index in [1.807, 2.05) is 52.9 Å². The highest BCUT2D eigenvalue weighted by Crippen LogP contribution is 2.26. The van der Waals surface area contributed by atoms with Crippen LogP contribution in [0.3, 0.4) is 0 Å². The second-order valence-corrected chi connectivity index (χ2v) is 6.30. The number of benzene rings is 1. The fraction of sp³-hybridized carbons (Fsp3) is 0.0909. The van der Waals surface area contributed by atoms with Crippen molar-refractivity contribution in [2.24, 2.45) is 0 Å². The number of aromatic nitrogens is 3. The molecule has 0 unspecified atom stereocenters. The summed E-state index contributed by atoms with van der Waals surface area (Å²) in [5.74, 6) is 0.0832. The van der Waals surface area contributed by atoms with Crippen LogP contribution in [-0.4, -0.2) is 20.2 Å². The molecule has 0 amide bonds. The Morgan fingerprint density at radius 2 is 1.85 bits per heavy atom. The maximum absolute atomic E-state index is 12.8. The van der Waals surface area contributed by atoms with Gasteiger partial charge >= 0.3 is 0 Å². The first kappa shape index (κ1) is 16.7. The van der Waals surface area contributed by atoms with E-state index in [0.29, 0.717) is 5.69 Å². The minimum atomic E-state index is 0.0832. The predicted octanol–water partition coefficient (Wildman–Crippen LogP) is 3.62. The summed E-state index contributed by atoms with van der Waals surface area (Å²) < 4.78 is 1.97. The van der Waals surface area contributed by atoms with Crippen LogP contribution >= 0.6 is 0 Å². The van der Waals surface area contributed by atoms with Crippen molar-refractivity contribution in [1.29, 1.82) is 5.26 Å². The number of carbonyl (C=O) groups excluding carboxylic acids is 1. The number of hydrogen-bond donors (Lipinski definition) is 0. The first-order valence-electron chi connectivity index (χ1n) is 8.60. The number of imidazole rings is 1. The van der Waals surface area contributed by atoms with E-state index in [2.05, 4.69) is 9.97 Å². The topological polar surface area (TPSA) is 71.0 Å². The van der Waals surface area contributed by atoms with Crippen molar-refractivity contribution in [2.75, 3.05) is 0 Å². The fourth-order valence-electron chi connectivity index (χ4n) is 3.18. The van der Waals surface area contributed by atoms with Crippen LogP contribution in [-0.2, 0) is 17.6 Å². The summed E-state index contributed by atoms with van der Waals surface area (Å²) >= 11 is 0. The van der Waals surface area contributed by atoms with Gasteiger partial charge in [-0.2, -0.15) is 5.26 Å². The molecule has 0 fully saturated rings. The molecule has 3 heterocycles. The normalized spacial score (nSPS) is 10.6. The lowest BCUT2D eigenvalue weighted by atomic mass is 9.98. The molecule has 0 atom stereocenters. The fourth-order valence-corrected chi connectivity index (χ4v) is 3.18. The third-order valence-corrected chi connectivity index (χ3v) is 4.48. The molecule has 0 saturated carbocycles. The SMILES string of the molecule is N#Cc1ccc(CC(=O)Cc2c(-c3ccccc3)ccc3cncn23)cn1. The lowest BCUT2D eigenvalue weighted by Gasteiger charge is -2.12. The minimum absolute atomic E-state index is 0.0832. The van der Waals surface area contributed by atoms with E-state index in [1.165, 1.54) is 0 Å². The van der Waals surface area contributed by atoms with Gasteiger partial charge in [0.05, 0.1) is 18.0 Å². The summed E-state index contributed by atoms with van der Waals surface area (Å²) in [6.07, 6.45) is 5.68. The van der Waals surface area contributed by atoms with Crippen LogP contribution in [0.1, 0.15) is 17.0 Å². The molecular formula is C22H16N4O. The Morgan fingerprint density at radius 1 is 1.00 bits per heavy atom. The summed E-state index contributed by atoms with van der Waals surface area (Å²) in [6.45, 7) is 0. The van der Waals surface area contributed by atoms with Gasteiger partial charge in [-0.3, -0.25) is 4.79 Å². The van der Waals surface area contributed by atoms with Gasteiger partial charge < -0.3 is 4.40 Å². The summed E-state index contributed by atoms with van der Waals surface area (Å²) in [6, 6.07) is 19.5. The number of hydrogen-bond acceptors (Lipinski definition) is 4. The van der Waals surface area contributed by atoms with Crippen molar-refractivity contribution in [3.05, 3.63) is 90.3 Å². The van der Waals surface area contributed by atoms with Crippen molar-refractivity contribution in [3.8, 4) is 17.2 Å². The van der Waals surface area contributed by atoms with Gasteiger partial charge in [0.1, 0.15) is 17.5 Å². The molecule has 130 valence electrons. The van der Waals surface area contributed by atoms with Crippen molar-refractivity contribution in [3.63, 3.8) is 0 Å². The third-order valence-electron chi connectivity index (χ3n) is 4.48. The Balaban J connectivity index is 1.66. The van der Waals surface area contributed by atoms with Crippen LogP contribution in [0.4, 0.5) is 0 Å². The number of nitriles is 1. The van der Waals surface area contributed by atoms with Crippen molar-refractivity contribution < 1.29 is 4.79 Å². The molecule has 0 bridgehead atoms. The number of Topliss-reactive ketones (excluding diaryl/α,β-unsaturated/α-hetero) is 1. The number of nitrogens with zero attached hydrogens (tertiary/aromatic N) is 4. The molecule has 0 N–H and O–H groups in total. The number of ketones is 1. The average Bonchev–Trinajstić information content (AvgIpc) is 3.19. The van der Waals surface area contributed by atoms with Gasteiger partial charge in [-0.05, 0) is 23.3 Å². The molecular weight excluding hydrogens is 336 g/mol. The summed E-state index contributed by atoms with van der Waals surface area (Å²) in [7, 11) is 0. The molecule has 0 saturated heterocycles. The van der Waals surface area contributed by atoms with Gasteiger partial charge in [-0.15, -0.1) is 0 Å². The van der Waals surface area contributed by atoms with Gasteiger partial charge in [0, 0.05) is 30.3 Å². The average molecular weight is 352 g/mol. The predicted molar refractivity (Wildman–Crippen MR) is 102 cm³/mol. The molecule has 0 aliphatic carbocycles. The molecule has 5 nitrogen and oxygen atoms in total. The van der Waals surface area contributed by atoms with Gasteiger partial charge in [0.15, 0.2) is 0 Å². The standard InChI is InChI=1S/C22H16N4O/c23-12-18-7-6-16(13-25-18)10-20(27)11-22-21(17-4-2-1-3-5-17)9-8-19-14-24-15-26(19)22/h1-9,13-15H,10-11H2. The molecule has 3 aromatic heterocycles. The zero-order chi connectivity index (χ0) is 18.6. The number of fused-ring (bicyclic) bond motifs is 1. The van der Waals surface area contributed by atoms with Crippen LogP contribution in [0.25, 0.3) is 16.6 Å². The summed E-state index contributed by atoms with van der Waals surface area (Å²) in [4.78, 5) is 21.0. The van der Waals surface area contributed by atoms with E-state index < -0.39 is 0 Å². The number of rotatable bonds is 5. The molecule has 0 aliphatic heterocycles. The third kappa shape index (κ3) is 3.46. The Morgan fingerprint density at radius 3 is 2.59 bits per heavy atom. The lowest BCUT2D eigenvalue weighted by molar-refractivity contribution is -0.117. The van der Waals surface area contributed by atoms with Gasteiger partial charge in [0.2, 0.25) is 0 Å². The minimum Gasteiger partial charge on any atom is -0.302 e. The molecule has 5 heteroatoms. The van der Waals surface area contributed by atoms with Crippen molar-refractivity contribution in [1.82, 2.24) is 14.4 Å². The molecule has 0 spiro atoms. The molecule has 27 heavy (non-hydrogen) atoms. The molecule has 4 rings (SSSR count). The van der Waals surface area contributed by atoms with Crippen LogP contribution in [0.5, 0.6) is 0 Å². The van der Waals surface area contributed by atoms with Crippen LogP contribution in [0.2, 0.25) is 0 Å². The first-order valence-corrected chi connectivity index (χ1v) is 8.60. The zero-order valence-corrected chi connectivity index (χ0v) is 14.5. The highest BCUT2D eigenvalue weighted by molar-refractivity contribution is 5.85. The largest absolute Gasteiger partial charge is 0.302 e. The maximum Gasteiger partial charge on any atom is 0.143 e. The molecule has 1 aromatic carbocycles. The highest BCUT2D eigenvalue weighted by Gasteiger charge is 2.14. The molecule has 0 radical (unpaired) electrons. The lowest BCUT2D eigenvalue weighted by Crippen LogP contribution is -2.11. The van der Waals surface area contributed by atoms with Gasteiger partial charge in [-0.25, -0.2) is 9.97 Å². The second-order valence-electron chi connectivity index (χ2n) is 6.30. The summed E-state index contributed by atoms with van der Waals surface area (Å²) in [5, 5.41) is 8.84.